The number of benzene rings is 1. The third kappa shape index (κ3) is 2.47. The predicted molar refractivity (Wildman–Crippen MR) is 71.5 cm³/mol. The normalized spacial score (nSPS) is 24.9. The average molecular weight is 245 g/mol. The summed E-state index contributed by atoms with van der Waals surface area (Å²) in [6, 6.07) is 10.2. The molecule has 0 radical (unpaired) electrons. The van der Waals surface area contributed by atoms with Crippen molar-refractivity contribution in [2.45, 2.75) is 19.0 Å². The molecule has 1 heterocycles. The van der Waals surface area contributed by atoms with E-state index >= 15 is 0 Å². The first kappa shape index (κ1) is 12.9. The van der Waals surface area contributed by atoms with Gasteiger partial charge in [-0.2, -0.15) is 5.26 Å². The second-order valence-electron chi connectivity index (χ2n) is 4.97. The van der Waals surface area contributed by atoms with E-state index < -0.39 is 0 Å². The topological polar surface area (TPSA) is 50.5 Å². The number of hydrogen-bond donors (Lipinski definition) is 1. The Labute approximate surface area is 108 Å². The van der Waals surface area contributed by atoms with Crippen LogP contribution in [0.15, 0.2) is 24.3 Å². The molecule has 0 aliphatic carbocycles. The SMILES string of the molecule is CC1CN(C)CC(CO)N1c1ccc(C#N)cc1. The second-order valence-corrected chi connectivity index (χ2v) is 4.97. The Morgan fingerprint density at radius 1 is 1.33 bits per heavy atom. The van der Waals surface area contributed by atoms with Gasteiger partial charge in [0.2, 0.25) is 0 Å². The van der Waals surface area contributed by atoms with Gasteiger partial charge in [-0.25, -0.2) is 0 Å². The van der Waals surface area contributed by atoms with E-state index in [-0.39, 0.29) is 12.6 Å². The first-order valence-electron chi connectivity index (χ1n) is 6.23. The predicted octanol–water partition coefficient (Wildman–Crippen LogP) is 1.06. The summed E-state index contributed by atoms with van der Waals surface area (Å²) in [4.78, 5) is 4.49. The monoisotopic (exact) mass is 245 g/mol. The maximum atomic E-state index is 9.54. The van der Waals surface area contributed by atoms with Crippen LogP contribution in [-0.2, 0) is 0 Å². The molecule has 1 fully saturated rings. The van der Waals surface area contributed by atoms with Crippen LogP contribution in [-0.4, -0.2) is 48.8 Å². The van der Waals surface area contributed by atoms with Crippen LogP contribution >= 0.6 is 0 Å². The highest BCUT2D eigenvalue weighted by Crippen LogP contribution is 2.24. The zero-order valence-corrected chi connectivity index (χ0v) is 10.9. The maximum Gasteiger partial charge on any atom is 0.0991 e. The molecule has 2 unspecified atom stereocenters. The van der Waals surface area contributed by atoms with E-state index in [1.807, 2.05) is 24.3 Å². The Hall–Kier alpha value is -1.57. The molecule has 1 saturated heterocycles. The van der Waals surface area contributed by atoms with Crippen molar-refractivity contribution in [3.8, 4) is 6.07 Å². The van der Waals surface area contributed by atoms with Crippen LogP contribution in [0, 0.1) is 11.3 Å². The molecule has 0 saturated carbocycles. The molecule has 18 heavy (non-hydrogen) atoms. The van der Waals surface area contributed by atoms with Gasteiger partial charge in [0, 0.05) is 24.8 Å². The van der Waals surface area contributed by atoms with Gasteiger partial charge < -0.3 is 14.9 Å². The van der Waals surface area contributed by atoms with Gasteiger partial charge in [-0.15, -0.1) is 0 Å². The molecule has 4 nitrogen and oxygen atoms in total. The molecular weight excluding hydrogens is 226 g/mol. The molecule has 0 aromatic heterocycles. The molecule has 0 spiro atoms. The van der Waals surface area contributed by atoms with Crippen LogP contribution in [0.5, 0.6) is 0 Å². The maximum absolute atomic E-state index is 9.54. The van der Waals surface area contributed by atoms with Crippen molar-refractivity contribution in [2.24, 2.45) is 0 Å². The third-order valence-electron chi connectivity index (χ3n) is 3.47. The number of nitriles is 1. The summed E-state index contributed by atoms with van der Waals surface area (Å²) < 4.78 is 0. The summed E-state index contributed by atoms with van der Waals surface area (Å²) in [5.74, 6) is 0. The number of aliphatic hydroxyl groups excluding tert-OH is 1. The quantitative estimate of drug-likeness (QED) is 0.846. The van der Waals surface area contributed by atoms with E-state index in [1.165, 1.54) is 0 Å². The number of aliphatic hydroxyl groups is 1. The largest absolute Gasteiger partial charge is 0.394 e. The van der Waals surface area contributed by atoms with Crippen molar-refractivity contribution in [3.05, 3.63) is 29.8 Å². The van der Waals surface area contributed by atoms with Crippen LogP contribution in [0.2, 0.25) is 0 Å². The lowest BCUT2D eigenvalue weighted by molar-refractivity contribution is 0.171. The number of nitrogens with zero attached hydrogens (tertiary/aromatic N) is 3. The van der Waals surface area contributed by atoms with Gasteiger partial charge in [0.05, 0.1) is 24.3 Å². The standard InChI is InChI=1S/C14H19N3O/c1-11-8-16(2)9-14(10-18)17(11)13-5-3-12(7-15)4-6-13/h3-6,11,14,18H,8-10H2,1-2H3. The van der Waals surface area contributed by atoms with E-state index in [0.717, 1.165) is 18.8 Å². The van der Waals surface area contributed by atoms with Crippen LogP contribution in [0.4, 0.5) is 5.69 Å². The molecule has 1 aromatic rings. The first-order valence-corrected chi connectivity index (χ1v) is 6.23. The van der Waals surface area contributed by atoms with E-state index in [0.29, 0.717) is 11.6 Å². The summed E-state index contributed by atoms with van der Waals surface area (Å²) in [5, 5.41) is 18.4. The molecule has 1 aliphatic rings. The van der Waals surface area contributed by atoms with Crippen LogP contribution in [0.3, 0.4) is 0 Å². The molecule has 4 heteroatoms. The van der Waals surface area contributed by atoms with Crippen LogP contribution in [0.1, 0.15) is 12.5 Å². The average Bonchev–Trinajstić information content (AvgIpc) is 2.38. The molecule has 1 aliphatic heterocycles. The van der Waals surface area contributed by atoms with Crippen molar-refractivity contribution >= 4 is 5.69 Å². The highest BCUT2D eigenvalue weighted by Gasteiger charge is 2.30. The van der Waals surface area contributed by atoms with Crippen LogP contribution < -0.4 is 4.90 Å². The van der Waals surface area contributed by atoms with Gasteiger partial charge >= 0.3 is 0 Å². The van der Waals surface area contributed by atoms with Gasteiger partial charge in [0.15, 0.2) is 0 Å². The highest BCUT2D eigenvalue weighted by atomic mass is 16.3. The number of likely N-dealkylation sites (N-methyl/N-ethyl adjacent to an activating group) is 1. The van der Waals surface area contributed by atoms with E-state index in [4.69, 9.17) is 5.26 Å². The molecule has 0 amide bonds. The van der Waals surface area contributed by atoms with E-state index in [9.17, 15) is 5.11 Å². The molecular formula is C14H19N3O. The van der Waals surface area contributed by atoms with E-state index in [1.54, 1.807) is 0 Å². The van der Waals surface area contributed by atoms with Crippen molar-refractivity contribution in [3.63, 3.8) is 0 Å². The van der Waals surface area contributed by atoms with Crippen LogP contribution in [0.25, 0.3) is 0 Å². The zero-order valence-electron chi connectivity index (χ0n) is 10.9. The van der Waals surface area contributed by atoms with Gasteiger partial charge in [-0.05, 0) is 38.2 Å². The lowest BCUT2D eigenvalue weighted by Crippen LogP contribution is -2.58. The minimum Gasteiger partial charge on any atom is -0.394 e. The number of hydrogen-bond acceptors (Lipinski definition) is 4. The van der Waals surface area contributed by atoms with Gasteiger partial charge in [-0.3, -0.25) is 0 Å². The Morgan fingerprint density at radius 3 is 2.56 bits per heavy atom. The summed E-state index contributed by atoms with van der Waals surface area (Å²) in [6.07, 6.45) is 0. The van der Waals surface area contributed by atoms with Crippen molar-refractivity contribution in [1.82, 2.24) is 4.90 Å². The summed E-state index contributed by atoms with van der Waals surface area (Å²) in [5.41, 5.74) is 1.75. The zero-order chi connectivity index (χ0) is 13.1. The van der Waals surface area contributed by atoms with Crippen molar-refractivity contribution in [2.75, 3.05) is 31.6 Å². The molecule has 2 atom stereocenters. The third-order valence-corrected chi connectivity index (χ3v) is 3.47. The fraction of sp³-hybridized carbons (Fsp3) is 0.500. The Morgan fingerprint density at radius 2 is 2.00 bits per heavy atom. The molecule has 0 bridgehead atoms. The lowest BCUT2D eigenvalue weighted by atomic mass is 10.1. The van der Waals surface area contributed by atoms with Crippen molar-refractivity contribution in [1.29, 1.82) is 5.26 Å². The number of piperazine rings is 1. The van der Waals surface area contributed by atoms with Crippen molar-refractivity contribution < 1.29 is 5.11 Å². The fourth-order valence-electron chi connectivity index (χ4n) is 2.74. The molecule has 1 aromatic carbocycles. The minimum atomic E-state index is 0.117. The molecule has 96 valence electrons. The summed E-state index contributed by atoms with van der Waals surface area (Å²) >= 11 is 0. The summed E-state index contributed by atoms with van der Waals surface area (Å²) in [6.45, 7) is 4.16. The number of anilines is 1. The molecule has 1 N–H and O–H groups in total. The highest BCUT2D eigenvalue weighted by molar-refractivity contribution is 5.52. The second kappa shape index (κ2) is 5.38. The summed E-state index contributed by atoms with van der Waals surface area (Å²) in [7, 11) is 2.08. The lowest BCUT2D eigenvalue weighted by Gasteiger charge is -2.45. The number of rotatable bonds is 2. The minimum absolute atomic E-state index is 0.117. The Kier molecular flexibility index (Phi) is 3.85. The first-order chi connectivity index (χ1) is 8.65. The van der Waals surface area contributed by atoms with E-state index in [2.05, 4.69) is 29.8 Å². The fourth-order valence-corrected chi connectivity index (χ4v) is 2.74. The molecule has 2 rings (SSSR count). The van der Waals surface area contributed by atoms with Gasteiger partial charge in [0.25, 0.3) is 0 Å². The Balaban J connectivity index is 2.25. The van der Waals surface area contributed by atoms with Gasteiger partial charge in [0.1, 0.15) is 0 Å². The van der Waals surface area contributed by atoms with Gasteiger partial charge in [-0.1, -0.05) is 0 Å². The Bertz CT molecular complexity index is 437. The smallest absolute Gasteiger partial charge is 0.0991 e.